The molecule has 0 radical (unpaired) electrons. The second kappa shape index (κ2) is 3.30. The highest BCUT2D eigenvalue weighted by Gasteiger charge is 2.29. The molecule has 3 nitrogen and oxygen atoms in total. The molecule has 16 heavy (non-hydrogen) atoms. The Hall–Kier alpha value is -1.91. The Kier molecular flexibility index (Phi) is 2.18. The van der Waals surface area contributed by atoms with E-state index in [0.29, 0.717) is 0 Å². The lowest BCUT2D eigenvalue weighted by atomic mass is 10.1. The van der Waals surface area contributed by atoms with Gasteiger partial charge in [-0.2, -0.15) is 0 Å². The maximum absolute atomic E-state index is 13.1. The number of aromatic carboxylic acids is 1. The molecule has 0 aliphatic rings. The number of benzene rings is 1. The van der Waals surface area contributed by atoms with Gasteiger partial charge in [0.05, 0.1) is 11.1 Å². The Bertz CT molecular complexity index is 552. The summed E-state index contributed by atoms with van der Waals surface area (Å²) >= 11 is 0. The third-order valence-corrected chi connectivity index (χ3v) is 2.30. The van der Waals surface area contributed by atoms with Gasteiger partial charge in [0, 0.05) is 12.3 Å². The molecule has 5 heteroatoms. The van der Waals surface area contributed by atoms with E-state index >= 15 is 0 Å². The highest BCUT2D eigenvalue weighted by Crippen LogP contribution is 2.34. The second-order valence-electron chi connectivity index (χ2n) is 3.55. The van der Waals surface area contributed by atoms with E-state index in [2.05, 4.69) is 0 Å². The number of hydrogen-bond acceptors (Lipinski definition) is 2. The highest BCUT2D eigenvalue weighted by atomic mass is 19.3. The average molecular weight is 226 g/mol. The van der Waals surface area contributed by atoms with Crippen LogP contribution in [0.3, 0.4) is 0 Å². The molecule has 0 saturated heterocycles. The number of carboxylic acid groups (broad SMARTS) is 1. The van der Waals surface area contributed by atoms with Crippen molar-refractivity contribution in [2.24, 2.45) is 0 Å². The molecule has 0 atom stereocenters. The van der Waals surface area contributed by atoms with Crippen LogP contribution in [0.2, 0.25) is 0 Å². The molecule has 1 N–H and O–H groups in total. The first-order valence-corrected chi connectivity index (χ1v) is 4.52. The zero-order valence-corrected chi connectivity index (χ0v) is 8.33. The quantitative estimate of drug-likeness (QED) is 0.855. The monoisotopic (exact) mass is 226 g/mol. The van der Waals surface area contributed by atoms with E-state index in [4.69, 9.17) is 9.52 Å². The summed E-state index contributed by atoms with van der Waals surface area (Å²) in [5, 5.41) is 8.95. The fraction of sp³-hybridized carbons (Fsp3) is 0.182. The minimum atomic E-state index is -3.00. The summed E-state index contributed by atoms with van der Waals surface area (Å²) in [7, 11) is 0. The van der Waals surface area contributed by atoms with Crippen molar-refractivity contribution in [1.82, 2.24) is 0 Å². The fourth-order valence-corrected chi connectivity index (χ4v) is 1.50. The third kappa shape index (κ3) is 1.64. The van der Waals surface area contributed by atoms with Crippen molar-refractivity contribution in [3.05, 3.63) is 35.6 Å². The maximum Gasteiger partial charge on any atom is 0.335 e. The Balaban J connectivity index is 2.64. The molecule has 0 saturated carbocycles. The number of furan rings is 1. The maximum atomic E-state index is 13.1. The van der Waals surface area contributed by atoms with Crippen molar-refractivity contribution in [2.75, 3.05) is 0 Å². The lowest BCUT2D eigenvalue weighted by Crippen LogP contribution is -2.05. The first kappa shape index (κ1) is 10.6. The summed E-state index contributed by atoms with van der Waals surface area (Å²) in [5.41, 5.74) is -0.0799. The number of carbonyl (C=O) groups is 1. The Morgan fingerprint density at radius 3 is 2.69 bits per heavy atom. The highest BCUT2D eigenvalue weighted by molar-refractivity contribution is 5.93. The van der Waals surface area contributed by atoms with Gasteiger partial charge in [-0.3, -0.25) is 0 Å². The SMILES string of the molecule is CC(F)(F)c1coc2cc(C(=O)O)ccc12. The van der Waals surface area contributed by atoms with Crippen molar-refractivity contribution in [3.8, 4) is 0 Å². The van der Waals surface area contributed by atoms with Gasteiger partial charge in [-0.25, -0.2) is 13.6 Å². The summed E-state index contributed by atoms with van der Waals surface area (Å²) in [6.07, 6.45) is 0.955. The topological polar surface area (TPSA) is 50.4 Å². The van der Waals surface area contributed by atoms with E-state index in [1.165, 1.54) is 18.2 Å². The van der Waals surface area contributed by atoms with Crippen LogP contribution in [-0.4, -0.2) is 11.1 Å². The van der Waals surface area contributed by atoms with E-state index in [1.54, 1.807) is 0 Å². The summed E-state index contributed by atoms with van der Waals surface area (Å²) in [5.74, 6) is -4.13. The normalized spacial score (nSPS) is 11.9. The van der Waals surface area contributed by atoms with E-state index < -0.39 is 11.9 Å². The van der Waals surface area contributed by atoms with Crippen LogP contribution < -0.4 is 0 Å². The van der Waals surface area contributed by atoms with E-state index in [-0.39, 0.29) is 22.1 Å². The van der Waals surface area contributed by atoms with Gasteiger partial charge in [0.2, 0.25) is 0 Å². The number of fused-ring (bicyclic) bond motifs is 1. The predicted molar refractivity (Wildman–Crippen MR) is 52.7 cm³/mol. The van der Waals surface area contributed by atoms with Crippen molar-refractivity contribution >= 4 is 16.9 Å². The molecule has 84 valence electrons. The second-order valence-corrected chi connectivity index (χ2v) is 3.55. The molecule has 0 unspecified atom stereocenters. The van der Waals surface area contributed by atoms with Gasteiger partial charge in [-0.05, 0) is 18.2 Å². The average Bonchev–Trinajstić information content (AvgIpc) is 2.58. The van der Waals surface area contributed by atoms with Gasteiger partial charge in [-0.1, -0.05) is 0 Å². The van der Waals surface area contributed by atoms with E-state index in [0.717, 1.165) is 13.2 Å². The molecule has 0 aliphatic heterocycles. The molecule has 2 rings (SSSR count). The van der Waals surface area contributed by atoms with Crippen molar-refractivity contribution in [1.29, 1.82) is 0 Å². The minimum Gasteiger partial charge on any atom is -0.478 e. The van der Waals surface area contributed by atoms with Crippen LogP contribution in [-0.2, 0) is 5.92 Å². The fourth-order valence-electron chi connectivity index (χ4n) is 1.50. The molecule has 1 aromatic carbocycles. The largest absolute Gasteiger partial charge is 0.478 e. The number of halogens is 2. The third-order valence-electron chi connectivity index (χ3n) is 2.30. The molecular formula is C11H8F2O3. The van der Waals surface area contributed by atoms with Crippen LogP contribution in [0, 0.1) is 0 Å². The van der Waals surface area contributed by atoms with Gasteiger partial charge >= 0.3 is 5.97 Å². The molecule has 2 aromatic rings. The molecule has 0 aliphatic carbocycles. The summed E-state index contributed by atoms with van der Waals surface area (Å²) < 4.78 is 31.1. The molecule has 0 amide bonds. The first-order valence-electron chi connectivity index (χ1n) is 4.52. The smallest absolute Gasteiger partial charge is 0.335 e. The van der Waals surface area contributed by atoms with Gasteiger partial charge < -0.3 is 9.52 Å². The van der Waals surface area contributed by atoms with Crippen molar-refractivity contribution < 1.29 is 23.1 Å². The predicted octanol–water partition coefficient (Wildman–Crippen LogP) is 3.24. The summed E-state index contributed by atoms with van der Waals surface area (Å²) in [4.78, 5) is 10.7. The van der Waals surface area contributed by atoms with Gasteiger partial charge in [0.1, 0.15) is 11.8 Å². The molecule has 0 bridgehead atoms. The standard InChI is InChI=1S/C11H8F2O3/c1-11(12,13)8-5-16-9-4-6(10(14)15)2-3-7(8)9/h2-5H,1H3,(H,14,15). The van der Waals surface area contributed by atoms with E-state index in [9.17, 15) is 13.6 Å². The molecule has 0 spiro atoms. The number of rotatable bonds is 2. The minimum absolute atomic E-state index is 0.00724. The summed E-state index contributed by atoms with van der Waals surface area (Å²) in [6, 6.07) is 3.83. The molecule has 0 fully saturated rings. The van der Waals surface area contributed by atoms with Crippen LogP contribution in [0.4, 0.5) is 8.78 Å². The van der Waals surface area contributed by atoms with Crippen LogP contribution in [0.25, 0.3) is 11.0 Å². The zero-order chi connectivity index (χ0) is 11.9. The lowest BCUT2D eigenvalue weighted by molar-refractivity contribution is 0.0182. The van der Waals surface area contributed by atoms with Crippen LogP contribution in [0.5, 0.6) is 0 Å². The number of alkyl halides is 2. The molecule has 1 heterocycles. The first-order chi connectivity index (χ1) is 7.39. The Labute approximate surface area is 89.3 Å². The molecule has 1 aromatic heterocycles. The molecular weight excluding hydrogens is 218 g/mol. The number of hydrogen-bond donors (Lipinski definition) is 1. The number of carboxylic acids is 1. The zero-order valence-electron chi connectivity index (χ0n) is 8.33. The van der Waals surface area contributed by atoms with Crippen LogP contribution in [0.15, 0.2) is 28.9 Å². The van der Waals surface area contributed by atoms with Crippen molar-refractivity contribution in [2.45, 2.75) is 12.8 Å². The lowest BCUT2D eigenvalue weighted by Gasteiger charge is -2.06. The van der Waals surface area contributed by atoms with Gasteiger partial charge in [0.25, 0.3) is 5.92 Å². The van der Waals surface area contributed by atoms with E-state index in [1.807, 2.05) is 0 Å². The van der Waals surface area contributed by atoms with Gasteiger partial charge in [-0.15, -0.1) is 0 Å². The Morgan fingerprint density at radius 2 is 2.12 bits per heavy atom. The van der Waals surface area contributed by atoms with Gasteiger partial charge in [0.15, 0.2) is 0 Å². The summed E-state index contributed by atoms with van der Waals surface area (Å²) in [6.45, 7) is 0.766. The van der Waals surface area contributed by atoms with Crippen molar-refractivity contribution in [3.63, 3.8) is 0 Å². The van der Waals surface area contributed by atoms with Crippen LogP contribution in [0.1, 0.15) is 22.8 Å². The van der Waals surface area contributed by atoms with Crippen LogP contribution >= 0.6 is 0 Å². The Morgan fingerprint density at radius 1 is 1.44 bits per heavy atom.